The quantitative estimate of drug-likeness (QED) is 0.769. The van der Waals surface area contributed by atoms with E-state index in [1.165, 1.54) is 19.0 Å². The van der Waals surface area contributed by atoms with Crippen molar-refractivity contribution in [3.8, 4) is 0 Å². The number of carbonyl (C=O) groups excluding carboxylic acids is 1. The normalized spacial score (nSPS) is 23.4. The van der Waals surface area contributed by atoms with Crippen LogP contribution in [0.4, 0.5) is 5.69 Å². The molecule has 1 saturated carbocycles. The predicted molar refractivity (Wildman–Crippen MR) is 72.7 cm³/mol. The minimum Gasteiger partial charge on any atom is -0.460 e. The first-order valence-electron chi connectivity index (χ1n) is 6.63. The van der Waals surface area contributed by atoms with Gasteiger partial charge in [0.1, 0.15) is 6.10 Å². The van der Waals surface area contributed by atoms with Crippen molar-refractivity contribution in [2.24, 2.45) is 0 Å². The molecule has 18 heavy (non-hydrogen) atoms. The molecule has 0 bridgehead atoms. The van der Waals surface area contributed by atoms with Crippen molar-refractivity contribution in [1.82, 2.24) is 0 Å². The monoisotopic (exact) mass is 247 g/mol. The number of likely N-dealkylation sites (N-methyl/N-ethyl adjacent to an activating group) is 1. The first-order valence-corrected chi connectivity index (χ1v) is 6.63. The molecule has 0 saturated heterocycles. The first-order chi connectivity index (χ1) is 8.68. The Balaban J connectivity index is 2.11. The van der Waals surface area contributed by atoms with Gasteiger partial charge in [-0.3, -0.25) is 4.79 Å². The Morgan fingerprint density at radius 2 is 1.89 bits per heavy atom. The lowest BCUT2D eigenvalue weighted by Crippen LogP contribution is -2.45. The molecule has 0 aliphatic heterocycles. The summed E-state index contributed by atoms with van der Waals surface area (Å²) in [5, 5.41) is 0. The van der Waals surface area contributed by atoms with Crippen LogP contribution in [-0.2, 0) is 9.53 Å². The van der Waals surface area contributed by atoms with Gasteiger partial charge in [0, 0.05) is 19.7 Å². The van der Waals surface area contributed by atoms with E-state index in [-0.39, 0.29) is 12.1 Å². The smallest absolute Gasteiger partial charge is 0.302 e. The van der Waals surface area contributed by atoms with Gasteiger partial charge >= 0.3 is 5.97 Å². The Bertz CT molecular complexity index is 391. The third-order valence-corrected chi connectivity index (χ3v) is 3.65. The van der Waals surface area contributed by atoms with Crippen molar-refractivity contribution in [1.29, 1.82) is 0 Å². The second-order valence-corrected chi connectivity index (χ2v) is 4.95. The Hall–Kier alpha value is -1.51. The molecule has 1 aliphatic rings. The molecular weight excluding hydrogens is 226 g/mol. The number of ether oxygens (including phenoxy) is 1. The molecule has 1 aromatic rings. The SMILES string of the molecule is CC(=O)O[C@@H]1CCCC[C@H]1N(C)c1ccccc1. The van der Waals surface area contributed by atoms with E-state index in [0.29, 0.717) is 6.04 Å². The van der Waals surface area contributed by atoms with Gasteiger partial charge in [0.25, 0.3) is 0 Å². The lowest BCUT2D eigenvalue weighted by atomic mass is 9.91. The highest BCUT2D eigenvalue weighted by Crippen LogP contribution is 2.28. The standard InChI is InChI=1S/C15H21NO2/c1-12(17)18-15-11-7-6-10-14(15)16(2)13-8-4-3-5-9-13/h3-5,8-9,14-15H,6-7,10-11H2,1-2H3/t14-,15-/m1/s1. The summed E-state index contributed by atoms with van der Waals surface area (Å²) in [4.78, 5) is 13.4. The summed E-state index contributed by atoms with van der Waals surface area (Å²) in [6.07, 6.45) is 4.45. The zero-order valence-electron chi connectivity index (χ0n) is 11.1. The van der Waals surface area contributed by atoms with Crippen LogP contribution in [0.2, 0.25) is 0 Å². The highest BCUT2D eigenvalue weighted by Gasteiger charge is 2.30. The largest absolute Gasteiger partial charge is 0.460 e. The molecule has 98 valence electrons. The van der Waals surface area contributed by atoms with E-state index in [0.717, 1.165) is 19.3 Å². The maximum atomic E-state index is 11.2. The molecule has 0 unspecified atom stereocenters. The number of anilines is 1. The molecule has 1 aromatic carbocycles. The van der Waals surface area contributed by atoms with Crippen LogP contribution in [-0.4, -0.2) is 25.2 Å². The van der Waals surface area contributed by atoms with Gasteiger partial charge in [0.2, 0.25) is 0 Å². The Kier molecular flexibility index (Phi) is 4.24. The van der Waals surface area contributed by atoms with E-state index in [1.807, 2.05) is 18.2 Å². The van der Waals surface area contributed by atoms with Crippen LogP contribution in [0.15, 0.2) is 30.3 Å². The average Bonchev–Trinajstić information content (AvgIpc) is 2.39. The van der Waals surface area contributed by atoms with E-state index >= 15 is 0 Å². The first kappa shape index (κ1) is 12.9. The number of nitrogens with zero attached hydrogens (tertiary/aromatic N) is 1. The maximum Gasteiger partial charge on any atom is 0.302 e. The third kappa shape index (κ3) is 3.03. The maximum absolute atomic E-state index is 11.2. The number of rotatable bonds is 3. The highest BCUT2D eigenvalue weighted by molar-refractivity contribution is 5.66. The topological polar surface area (TPSA) is 29.5 Å². The van der Waals surface area contributed by atoms with Crippen LogP contribution in [0.5, 0.6) is 0 Å². The van der Waals surface area contributed by atoms with E-state index < -0.39 is 0 Å². The zero-order valence-corrected chi connectivity index (χ0v) is 11.1. The second kappa shape index (κ2) is 5.89. The number of carbonyl (C=O) groups is 1. The fourth-order valence-electron chi connectivity index (χ4n) is 2.73. The van der Waals surface area contributed by atoms with Crippen molar-refractivity contribution < 1.29 is 9.53 Å². The molecule has 3 nitrogen and oxygen atoms in total. The van der Waals surface area contributed by atoms with E-state index in [1.54, 1.807) is 0 Å². The van der Waals surface area contributed by atoms with Gasteiger partial charge in [-0.1, -0.05) is 24.6 Å². The molecule has 2 atom stereocenters. The minimum atomic E-state index is -0.173. The van der Waals surface area contributed by atoms with Crippen LogP contribution in [0, 0.1) is 0 Å². The van der Waals surface area contributed by atoms with Crippen molar-refractivity contribution in [3.63, 3.8) is 0 Å². The minimum absolute atomic E-state index is 0.0291. The number of benzene rings is 1. The van der Waals surface area contributed by atoms with Gasteiger partial charge in [-0.2, -0.15) is 0 Å². The van der Waals surface area contributed by atoms with Crippen molar-refractivity contribution in [2.75, 3.05) is 11.9 Å². The van der Waals surface area contributed by atoms with Gasteiger partial charge in [-0.25, -0.2) is 0 Å². The number of esters is 1. The zero-order chi connectivity index (χ0) is 13.0. The fourth-order valence-corrected chi connectivity index (χ4v) is 2.73. The second-order valence-electron chi connectivity index (χ2n) is 4.95. The molecule has 0 aromatic heterocycles. The number of para-hydroxylation sites is 1. The molecule has 0 spiro atoms. The van der Waals surface area contributed by atoms with Gasteiger partial charge in [-0.15, -0.1) is 0 Å². The summed E-state index contributed by atoms with van der Waals surface area (Å²) in [7, 11) is 2.09. The number of hydrogen-bond donors (Lipinski definition) is 0. The third-order valence-electron chi connectivity index (χ3n) is 3.65. The lowest BCUT2D eigenvalue weighted by Gasteiger charge is -2.38. The van der Waals surface area contributed by atoms with Crippen molar-refractivity contribution in [3.05, 3.63) is 30.3 Å². The van der Waals surface area contributed by atoms with Gasteiger partial charge in [-0.05, 0) is 31.4 Å². The van der Waals surface area contributed by atoms with Gasteiger partial charge in [0.15, 0.2) is 0 Å². The van der Waals surface area contributed by atoms with E-state index in [4.69, 9.17) is 4.74 Å². The van der Waals surface area contributed by atoms with Crippen LogP contribution >= 0.6 is 0 Å². The Morgan fingerprint density at radius 1 is 1.22 bits per heavy atom. The molecular formula is C15H21NO2. The van der Waals surface area contributed by atoms with Crippen LogP contribution in [0.25, 0.3) is 0 Å². The van der Waals surface area contributed by atoms with Crippen molar-refractivity contribution in [2.45, 2.75) is 44.8 Å². The molecule has 3 heteroatoms. The summed E-state index contributed by atoms with van der Waals surface area (Å²) in [5.74, 6) is -0.173. The predicted octanol–water partition coefficient (Wildman–Crippen LogP) is 3.00. The van der Waals surface area contributed by atoms with Crippen LogP contribution in [0.1, 0.15) is 32.6 Å². The molecule has 2 rings (SSSR count). The number of hydrogen-bond acceptors (Lipinski definition) is 3. The van der Waals surface area contributed by atoms with Gasteiger partial charge < -0.3 is 9.64 Å². The summed E-state index contributed by atoms with van der Waals surface area (Å²) < 4.78 is 5.47. The molecule has 0 N–H and O–H groups in total. The van der Waals surface area contributed by atoms with Crippen LogP contribution in [0.3, 0.4) is 0 Å². The highest BCUT2D eigenvalue weighted by atomic mass is 16.5. The molecule has 0 amide bonds. The van der Waals surface area contributed by atoms with Crippen molar-refractivity contribution >= 4 is 11.7 Å². The Morgan fingerprint density at radius 3 is 2.56 bits per heavy atom. The molecule has 1 aliphatic carbocycles. The molecule has 0 radical (unpaired) electrons. The van der Waals surface area contributed by atoms with Crippen LogP contribution < -0.4 is 4.90 Å². The average molecular weight is 247 g/mol. The van der Waals surface area contributed by atoms with E-state index in [2.05, 4.69) is 24.1 Å². The van der Waals surface area contributed by atoms with Gasteiger partial charge in [0.05, 0.1) is 6.04 Å². The molecule has 0 heterocycles. The fraction of sp³-hybridized carbons (Fsp3) is 0.533. The summed E-state index contributed by atoms with van der Waals surface area (Å²) in [6, 6.07) is 10.6. The Labute approximate surface area is 109 Å². The summed E-state index contributed by atoms with van der Waals surface area (Å²) in [5.41, 5.74) is 1.18. The lowest BCUT2D eigenvalue weighted by molar-refractivity contribution is -0.148. The molecule has 1 fully saturated rings. The van der Waals surface area contributed by atoms with E-state index in [9.17, 15) is 4.79 Å². The summed E-state index contributed by atoms with van der Waals surface area (Å²) in [6.45, 7) is 1.49. The summed E-state index contributed by atoms with van der Waals surface area (Å²) >= 11 is 0.